The second-order valence-corrected chi connectivity index (χ2v) is 4.52. The van der Waals surface area contributed by atoms with Crippen LogP contribution in [0.2, 0.25) is 0 Å². The van der Waals surface area contributed by atoms with Crippen molar-refractivity contribution in [2.24, 2.45) is 0 Å². The first-order valence-corrected chi connectivity index (χ1v) is 6.43. The molecule has 0 saturated carbocycles. The van der Waals surface area contributed by atoms with Gasteiger partial charge in [0, 0.05) is 11.8 Å². The predicted octanol–water partition coefficient (Wildman–Crippen LogP) is 3.47. The fourth-order valence-corrected chi connectivity index (χ4v) is 1.79. The third-order valence-electron chi connectivity index (χ3n) is 2.83. The van der Waals surface area contributed by atoms with Gasteiger partial charge in [-0.05, 0) is 43.3 Å². The van der Waals surface area contributed by atoms with Crippen molar-refractivity contribution >= 4 is 5.91 Å². The summed E-state index contributed by atoms with van der Waals surface area (Å²) >= 11 is 0. The highest BCUT2D eigenvalue weighted by Gasteiger charge is 2.31. The SMILES string of the molecule is CC(NC(=O)c1ccc(OC(F)(F)F)cc1)c1ccccn1. The Morgan fingerprint density at radius 1 is 1.18 bits per heavy atom. The van der Waals surface area contributed by atoms with Crippen molar-refractivity contribution in [3.8, 4) is 5.75 Å². The molecule has 0 aliphatic heterocycles. The molecule has 4 nitrogen and oxygen atoms in total. The van der Waals surface area contributed by atoms with Crippen LogP contribution in [0.3, 0.4) is 0 Å². The van der Waals surface area contributed by atoms with Gasteiger partial charge in [-0.1, -0.05) is 6.07 Å². The van der Waals surface area contributed by atoms with Crippen LogP contribution in [-0.4, -0.2) is 17.3 Å². The van der Waals surface area contributed by atoms with Crippen LogP contribution in [0.25, 0.3) is 0 Å². The summed E-state index contributed by atoms with van der Waals surface area (Å²) in [4.78, 5) is 16.1. The van der Waals surface area contributed by atoms with E-state index in [2.05, 4.69) is 15.0 Å². The summed E-state index contributed by atoms with van der Waals surface area (Å²) in [5.41, 5.74) is 0.921. The average Bonchev–Trinajstić information content (AvgIpc) is 2.47. The zero-order valence-corrected chi connectivity index (χ0v) is 11.6. The minimum Gasteiger partial charge on any atom is -0.406 e. The molecule has 1 aromatic carbocycles. The molecule has 1 atom stereocenters. The number of rotatable bonds is 4. The normalized spacial score (nSPS) is 12.5. The molecule has 0 saturated heterocycles. The van der Waals surface area contributed by atoms with Gasteiger partial charge in [-0.25, -0.2) is 0 Å². The van der Waals surface area contributed by atoms with Gasteiger partial charge in [0.05, 0.1) is 11.7 Å². The standard InChI is InChI=1S/C15H13F3N2O2/c1-10(13-4-2-3-9-19-13)20-14(21)11-5-7-12(8-6-11)22-15(16,17)18/h2-10H,1H3,(H,20,21). The Morgan fingerprint density at radius 3 is 2.41 bits per heavy atom. The van der Waals surface area contributed by atoms with Gasteiger partial charge in [0.1, 0.15) is 5.75 Å². The molecule has 116 valence electrons. The van der Waals surface area contributed by atoms with Gasteiger partial charge in [-0.2, -0.15) is 0 Å². The van der Waals surface area contributed by atoms with Crippen molar-refractivity contribution in [3.05, 3.63) is 59.9 Å². The van der Waals surface area contributed by atoms with Crippen LogP contribution in [0.4, 0.5) is 13.2 Å². The van der Waals surface area contributed by atoms with Crippen LogP contribution in [-0.2, 0) is 0 Å². The minimum atomic E-state index is -4.75. The third-order valence-corrected chi connectivity index (χ3v) is 2.83. The first kappa shape index (κ1) is 15.8. The van der Waals surface area contributed by atoms with E-state index < -0.39 is 12.3 Å². The Kier molecular flexibility index (Phi) is 4.65. The molecule has 0 bridgehead atoms. The van der Waals surface area contributed by atoms with Gasteiger partial charge in [0.2, 0.25) is 0 Å². The van der Waals surface area contributed by atoms with Crippen molar-refractivity contribution in [1.29, 1.82) is 0 Å². The quantitative estimate of drug-likeness (QED) is 0.940. The summed E-state index contributed by atoms with van der Waals surface area (Å²) in [6, 6.07) is 9.72. The lowest BCUT2D eigenvalue weighted by molar-refractivity contribution is -0.274. The Balaban J connectivity index is 2.01. The molecule has 7 heteroatoms. The lowest BCUT2D eigenvalue weighted by Crippen LogP contribution is -2.27. The van der Waals surface area contributed by atoms with Crippen molar-refractivity contribution in [2.75, 3.05) is 0 Å². The van der Waals surface area contributed by atoms with Crippen LogP contribution in [0.15, 0.2) is 48.7 Å². The number of hydrogen-bond donors (Lipinski definition) is 1. The van der Waals surface area contributed by atoms with Gasteiger partial charge < -0.3 is 10.1 Å². The fraction of sp³-hybridized carbons (Fsp3) is 0.200. The van der Waals surface area contributed by atoms with Crippen LogP contribution in [0, 0.1) is 0 Å². The number of nitrogens with one attached hydrogen (secondary N) is 1. The Bertz CT molecular complexity index is 627. The number of amides is 1. The number of alkyl halides is 3. The molecule has 0 spiro atoms. The summed E-state index contributed by atoms with van der Waals surface area (Å²) in [5.74, 6) is -0.779. The zero-order chi connectivity index (χ0) is 16.2. The first-order valence-electron chi connectivity index (χ1n) is 6.43. The summed E-state index contributed by atoms with van der Waals surface area (Å²) in [5, 5.41) is 2.72. The van der Waals surface area contributed by atoms with Gasteiger partial charge in [-0.3, -0.25) is 9.78 Å². The zero-order valence-electron chi connectivity index (χ0n) is 11.6. The molecule has 22 heavy (non-hydrogen) atoms. The fourth-order valence-electron chi connectivity index (χ4n) is 1.79. The lowest BCUT2D eigenvalue weighted by atomic mass is 10.1. The Hall–Kier alpha value is -2.57. The number of nitrogens with zero attached hydrogens (tertiary/aromatic N) is 1. The largest absolute Gasteiger partial charge is 0.573 e. The van der Waals surface area contributed by atoms with E-state index in [4.69, 9.17) is 0 Å². The predicted molar refractivity (Wildman–Crippen MR) is 73.2 cm³/mol. The maximum atomic E-state index is 12.1. The second-order valence-electron chi connectivity index (χ2n) is 4.52. The molecule has 1 amide bonds. The summed E-state index contributed by atoms with van der Waals surface area (Å²) in [6.07, 6.45) is -3.14. The Morgan fingerprint density at radius 2 is 1.86 bits per heavy atom. The summed E-state index contributed by atoms with van der Waals surface area (Å²) in [7, 11) is 0. The van der Waals surface area contributed by atoms with E-state index in [1.54, 1.807) is 31.3 Å². The van der Waals surface area contributed by atoms with E-state index in [-0.39, 0.29) is 17.4 Å². The topological polar surface area (TPSA) is 51.2 Å². The maximum absolute atomic E-state index is 12.1. The number of hydrogen-bond acceptors (Lipinski definition) is 3. The van der Waals surface area contributed by atoms with E-state index in [1.165, 1.54) is 12.1 Å². The molecule has 0 fully saturated rings. The van der Waals surface area contributed by atoms with E-state index >= 15 is 0 Å². The maximum Gasteiger partial charge on any atom is 0.573 e. The molecule has 1 aromatic heterocycles. The number of benzene rings is 1. The molecule has 2 rings (SSSR count). The number of halogens is 3. The van der Waals surface area contributed by atoms with Crippen LogP contribution in [0.5, 0.6) is 5.75 Å². The first-order chi connectivity index (χ1) is 10.3. The van der Waals surface area contributed by atoms with Crippen LogP contribution >= 0.6 is 0 Å². The van der Waals surface area contributed by atoms with E-state index in [1.807, 2.05) is 0 Å². The van der Waals surface area contributed by atoms with E-state index in [0.29, 0.717) is 5.69 Å². The molecule has 1 N–H and O–H groups in total. The highest BCUT2D eigenvalue weighted by molar-refractivity contribution is 5.94. The minimum absolute atomic E-state index is 0.234. The van der Waals surface area contributed by atoms with E-state index in [9.17, 15) is 18.0 Å². The third kappa shape index (κ3) is 4.47. The number of aromatic nitrogens is 1. The Labute approximate surface area is 124 Å². The number of pyridine rings is 1. The van der Waals surface area contributed by atoms with Gasteiger partial charge in [-0.15, -0.1) is 13.2 Å². The van der Waals surface area contributed by atoms with Crippen molar-refractivity contribution in [1.82, 2.24) is 10.3 Å². The number of carbonyl (C=O) groups is 1. The van der Waals surface area contributed by atoms with E-state index in [0.717, 1.165) is 12.1 Å². The van der Waals surface area contributed by atoms with Crippen molar-refractivity contribution in [2.45, 2.75) is 19.3 Å². The van der Waals surface area contributed by atoms with Crippen molar-refractivity contribution in [3.63, 3.8) is 0 Å². The number of ether oxygens (including phenoxy) is 1. The molecule has 1 unspecified atom stereocenters. The van der Waals surface area contributed by atoms with Crippen LogP contribution in [0.1, 0.15) is 29.0 Å². The van der Waals surface area contributed by atoms with Gasteiger partial charge in [0.25, 0.3) is 5.91 Å². The molecular formula is C15H13F3N2O2. The molecule has 0 aliphatic rings. The molecular weight excluding hydrogens is 297 g/mol. The number of carbonyl (C=O) groups excluding carboxylic acids is 1. The molecule has 2 aromatic rings. The smallest absolute Gasteiger partial charge is 0.406 e. The van der Waals surface area contributed by atoms with Crippen LogP contribution < -0.4 is 10.1 Å². The monoisotopic (exact) mass is 310 g/mol. The summed E-state index contributed by atoms with van der Waals surface area (Å²) in [6.45, 7) is 1.77. The molecule has 1 heterocycles. The van der Waals surface area contributed by atoms with Gasteiger partial charge in [0.15, 0.2) is 0 Å². The average molecular weight is 310 g/mol. The highest BCUT2D eigenvalue weighted by Crippen LogP contribution is 2.22. The highest BCUT2D eigenvalue weighted by atomic mass is 19.4. The summed E-state index contributed by atoms with van der Waals surface area (Å²) < 4.78 is 39.9. The second kappa shape index (κ2) is 6.46. The van der Waals surface area contributed by atoms with Gasteiger partial charge >= 0.3 is 6.36 Å². The van der Waals surface area contributed by atoms with Crippen molar-refractivity contribution < 1.29 is 22.7 Å². The lowest BCUT2D eigenvalue weighted by Gasteiger charge is -2.13. The molecule has 0 aliphatic carbocycles. The molecule has 0 radical (unpaired) electrons.